The third kappa shape index (κ3) is 3.10. The Morgan fingerprint density at radius 3 is 2.94 bits per heavy atom. The lowest BCUT2D eigenvalue weighted by Gasteiger charge is -2.22. The topological polar surface area (TPSA) is 44.8 Å². The lowest BCUT2D eigenvalue weighted by Crippen LogP contribution is -2.35. The zero-order valence-electron chi connectivity index (χ0n) is 10.1. The van der Waals surface area contributed by atoms with Crippen LogP contribution in [0.1, 0.15) is 17.3 Å². The van der Waals surface area contributed by atoms with Gasteiger partial charge in [0.25, 0.3) is 0 Å². The summed E-state index contributed by atoms with van der Waals surface area (Å²) in [6, 6.07) is 5.32. The van der Waals surface area contributed by atoms with Crippen molar-refractivity contribution in [3.05, 3.63) is 28.2 Å². The summed E-state index contributed by atoms with van der Waals surface area (Å²) in [6.07, 6.45) is -0.506. The highest BCUT2D eigenvalue weighted by Gasteiger charge is 2.25. The van der Waals surface area contributed by atoms with Crippen LogP contribution in [0.25, 0.3) is 0 Å². The molecular weight excluding hydrogens is 300 g/mol. The van der Waals surface area contributed by atoms with Crippen LogP contribution in [0.4, 0.5) is 0 Å². The Kier molecular flexibility index (Phi) is 4.74. The molecule has 1 aromatic rings. The third-order valence-electron chi connectivity index (χ3n) is 2.63. The normalized spacial score (nSPS) is 19.6. The molecule has 18 heavy (non-hydrogen) atoms. The van der Waals surface area contributed by atoms with Crippen molar-refractivity contribution in [1.82, 2.24) is 0 Å². The third-order valence-corrected chi connectivity index (χ3v) is 3.28. The fraction of sp³-hybridized carbons (Fsp3) is 0.462. The Hall–Kier alpha value is -0.910. The first kappa shape index (κ1) is 13.5. The van der Waals surface area contributed by atoms with E-state index >= 15 is 0 Å². The molecule has 0 N–H and O–H groups in total. The standard InChI is InChI=1S/C13H15BrO4/c1-2-17-9-3-4-10(11(14)7-9)13(15)12-8-16-5-6-18-12/h3-4,7,12H,2,5-6,8H2,1H3. The zero-order chi connectivity index (χ0) is 13.0. The Morgan fingerprint density at radius 1 is 1.50 bits per heavy atom. The minimum absolute atomic E-state index is 0.0652. The maximum absolute atomic E-state index is 12.2. The minimum Gasteiger partial charge on any atom is -0.494 e. The molecule has 0 amide bonds. The lowest BCUT2D eigenvalue weighted by molar-refractivity contribution is -0.0719. The predicted octanol–water partition coefficient (Wildman–Crippen LogP) is 2.45. The van der Waals surface area contributed by atoms with Gasteiger partial charge in [-0.05, 0) is 41.1 Å². The second-order valence-electron chi connectivity index (χ2n) is 3.87. The maximum atomic E-state index is 12.2. The van der Waals surface area contributed by atoms with Gasteiger partial charge in [-0.3, -0.25) is 4.79 Å². The van der Waals surface area contributed by atoms with Gasteiger partial charge in [0.2, 0.25) is 0 Å². The fourth-order valence-electron chi connectivity index (χ4n) is 1.76. The minimum atomic E-state index is -0.506. The molecule has 98 valence electrons. The van der Waals surface area contributed by atoms with Gasteiger partial charge < -0.3 is 14.2 Å². The summed E-state index contributed by atoms with van der Waals surface area (Å²) in [7, 11) is 0. The van der Waals surface area contributed by atoms with Crippen LogP contribution < -0.4 is 4.74 Å². The Labute approximate surface area is 114 Å². The van der Waals surface area contributed by atoms with Crippen molar-refractivity contribution in [2.45, 2.75) is 13.0 Å². The van der Waals surface area contributed by atoms with Crippen LogP contribution in [0, 0.1) is 0 Å². The molecule has 0 aromatic heterocycles. The molecule has 1 atom stereocenters. The van der Waals surface area contributed by atoms with E-state index in [1.54, 1.807) is 18.2 Å². The van der Waals surface area contributed by atoms with Gasteiger partial charge in [-0.15, -0.1) is 0 Å². The van der Waals surface area contributed by atoms with Gasteiger partial charge in [-0.1, -0.05) is 0 Å². The smallest absolute Gasteiger partial charge is 0.195 e. The summed E-state index contributed by atoms with van der Waals surface area (Å²) < 4.78 is 16.7. The number of halogens is 1. The summed E-state index contributed by atoms with van der Waals surface area (Å²) >= 11 is 3.39. The van der Waals surface area contributed by atoms with E-state index in [4.69, 9.17) is 14.2 Å². The van der Waals surface area contributed by atoms with E-state index in [2.05, 4.69) is 15.9 Å². The van der Waals surface area contributed by atoms with Crippen molar-refractivity contribution in [3.63, 3.8) is 0 Å². The average molecular weight is 315 g/mol. The zero-order valence-corrected chi connectivity index (χ0v) is 11.7. The summed E-state index contributed by atoms with van der Waals surface area (Å²) in [5, 5.41) is 0. The van der Waals surface area contributed by atoms with E-state index in [0.717, 1.165) is 5.75 Å². The number of rotatable bonds is 4. The quantitative estimate of drug-likeness (QED) is 0.801. The maximum Gasteiger partial charge on any atom is 0.195 e. The number of hydrogen-bond donors (Lipinski definition) is 0. The SMILES string of the molecule is CCOc1ccc(C(=O)C2COCCO2)c(Br)c1. The van der Waals surface area contributed by atoms with Crippen molar-refractivity contribution in [2.75, 3.05) is 26.4 Å². The predicted molar refractivity (Wildman–Crippen MR) is 70.2 cm³/mol. The second kappa shape index (κ2) is 6.31. The first-order valence-electron chi connectivity index (χ1n) is 5.88. The van der Waals surface area contributed by atoms with Gasteiger partial charge >= 0.3 is 0 Å². The first-order chi connectivity index (χ1) is 8.72. The van der Waals surface area contributed by atoms with Crippen LogP contribution in [-0.4, -0.2) is 38.3 Å². The van der Waals surface area contributed by atoms with Crippen molar-refractivity contribution in [1.29, 1.82) is 0 Å². The largest absolute Gasteiger partial charge is 0.494 e. The highest BCUT2D eigenvalue weighted by Crippen LogP contribution is 2.25. The van der Waals surface area contributed by atoms with Crippen LogP contribution in [0.2, 0.25) is 0 Å². The summed E-state index contributed by atoms with van der Waals surface area (Å²) in [5.41, 5.74) is 0.592. The number of carbonyl (C=O) groups is 1. The van der Waals surface area contributed by atoms with E-state index in [0.29, 0.717) is 36.5 Å². The highest BCUT2D eigenvalue weighted by atomic mass is 79.9. The molecule has 1 heterocycles. The molecule has 1 fully saturated rings. The van der Waals surface area contributed by atoms with Crippen LogP contribution in [0.5, 0.6) is 5.75 Å². The number of carbonyl (C=O) groups excluding carboxylic acids is 1. The van der Waals surface area contributed by atoms with Gasteiger partial charge in [0.15, 0.2) is 5.78 Å². The van der Waals surface area contributed by atoms with Crippen molar-refractivity contribution in [2.24, 2.45) is 0 Å². The number of Topliss-reactive ketones (excluding diaryl/α,β-unsaturated/α-hetero) is 1. The summed E-state index contributed by atoms with van der Waals surface area (Å²) in [6.45, 7) is 3.84. The van der Waals surface area contributed by atoms with E-state index in [-0.39, 0.29) is 5.78 Å². The van der Waals surface area contributed by atoms with Crippen LogP contribution in [0.15, 0.2) is 22.7 Å². The molecule has 1 aliphatic heterocycles. The Balaban J connectivity index is 2.14. The van der Waals surface area contributed by atoms with Crippen molar-refractivity contribution in [3.8, 4) is 5.75 Å². The molecule has 2 rings (SSSR count). The monoisotopic (exact) mass is 314 g/mol. The van der Waals surface area contributed by atoms with Crippen molar-refractivity contribution >= 4 is 21.7 Å². The van der Waals surface area contributed by atoms with Crippen LogP contribution in [-0.2, 0) is 9.47 Å². The molecule has 4 nitrogen and oxygen atoms in total. The molecular formula is C13H15BrO4. The van der Waals surface area contributed by atoms with Gasteiger partial charge in [0.05, 0.1) is 26.4 Å². The van der Waals surface area contributed by atoms with E-state index in [1.807, 2.05) is 6.92 Å². The molecule has 0 saturated carbocycles. The second-order valence-corrected chi connectivity index (χ2v) is 4.73. The lowest BCUT2D eigenvalue weighted by atomic mass is 10.1. The van der Waals surface area contributed by atoms with E-state index in [1.165, 1.54) is 0 Å². The number of benzene rings is 1. The molecule has 1 saturated heterocycles. The summed E-state index contributed by atoms with van der Waals surface area (Å²) in [5.74, 6) is 0.673. The van der Waals surface area contributed by atoms with Gasteiger partial charge in [0.1, 0.15) is 11.9 Å². The van der Waals surface area contributed by atoms with Crippen LogP contribution >= 0.6 is 15.9 Å². The first-order valence-corrected chi connectivity index (χ1v) is 6.67. The molecule has 1 aromatic carbocycles. The number of ether oxygens (including phenoxy) is 3. The molecule has 0 bridgehead atoms. The molecule has 0 radical (unpaired) electrons. The molecule has 1 aliphatic rings. The van der Waals surface area contributed by atoms with Gasteiger partial charge in [0, 0.05) is 10.0 Å². The Morgan fingerprint density at radius 2 is 2.33 bits per heavy atom. The van der Waals surface area contributed by atoms with Gasteiger partial charge in [-0.2, -0.15) is 0 Å². The summed E-state index contributed by atoms with van der Waals surface area (Å²) in [4.78, 5) is 12.2. The van der Waals surface area contributed by atoms with Crippen LogP contribution in [0.3, 0.4) is 0 Å². The molecule has 5 heteroatoms. The Bertz CT molecular complexity index is 427. The molecule has 0 aliphatic carbocycles. The van der Waals surface area contributed by atoms with E-state index < -0.39 is 6.10 Å². The molecule has 1 unspecified atom stereocenters. The number of hydrogen-bond acceptors (Lipinski definition) is 4. The van der Waals surface area contributed by atoms with Gasteiger partial charge in [-0.25, -0.2) is 0 Å². The fourth-order valence-corrected chi connectivity index (χ4v) is 2.32. The van der Waals surface area contributed by atoms with Crippen molar-refractivity contribution < 1.29 is 19.0 Å². The molecule has 0 spiro atoms. The number of ketones is 1. The average Bonchev–Trinajstić information content (AvgIpc) is 2.40. The van der Waals surface area contributed by atoms with E-state index in [9.17, 15) is 4.79 Å². The highest BCUT2D eigenvalue weighted by molar-refractivity contribution is 9.10.